The molecule has 0 saturated heterocycles. The minimum absolute atomic E-state index is 0.0444. The van der Waals surface area contributed by atoms with Gasteiger partial charge < -0.3 is 15.7 Å². The minimum Gasteiger partial charge on any atom is -0.478 e. The number of carbonyl (C=O) groups excluding carboxylic acids is 1. The topological polar surface area (TPSA) is 78.4 Å². The van der Waals surface area contributed by atoms with Crippen LogP contribution in [0.5, 0.6) is 0 Å². The molecule has 0 unspecified atom stereocenters. The van der Waals surface area contributed by atoms with E-state index in [0.29, 0.717) is 12.5 Å². The lowest BCUT2D eigenvalue weighted by molar-refractivity contribution is 0.0696. The number of amides is 2. The van der Waals surface area contributed by atoms with E-state index < -0.39 is 17.8 Å². The van der Waals surface area contributed by atoms with E-state index in [0.717, 1.165) is 18.9 Å². The number of benzene rings is 1. The van der Waals surface area contributed by atoms with Crippen molar-refractivity contribution in [3.05, 3.63) is 29.6 Å². The SMILES string of the molecule is CCC(CC)CNC(=O)Nc1ccc(C(=O)O)cc1F. The van der Waals surface area contributed by atoms with E-state index in [4.69, 9.17) is 5.11 Å². The number of nitrogens with one attached hydrogen (secondary N) is 2. The molecule has 6 heteroatoms. The zero-order valence-electron chi connectivity index (χ0n) is 11.6. The molecule has 3 N–H and O–H groups in total. The molecule has 5 nitrogen and oxygen atoms in total. The average molecular weight is 282 g/mol. The number of aromatic carboxylic acids is 1. The van der Waals surface area contributed by atoms with Gasteiger partial charge in [-0.05, 0) is 24.1 Å². The fourth-order valence-electron chi connectivity index (χ4n) is 1.73. The van der Waals surface area contributed by atoms with Crippen LogP contribution in [0.3, 0.4) is 0 Å². The van der Waals surface area contributed by atoms with Crippen LogP contribution < -0.4 is 10.6 Å². The Morgan fingerprint density at radius 3 is 2.45 bits per heavy atom. The summed E-state index contributed by atoms with van der Waals surface area (Å²) >= 11 is 0. The molecule has 0 saturated carbocycles. The summed E-state index contributed by atoms with van der Waals surface area (Å²) in [4.78, 5) is 22.3. The molecule has 0 aliphatic carbocycles. The number of carbonyl (C=O) groups is 2. The number of urea groups is 1. The molecule has 1 aromatic rings. The summed E-state index contributed by atoms with van der Waals surface area (Å²) in [5.41, 5.74) is -0.206. The van der Waals surface area contributed by atoms with Crippen molar-refractivity contribution in [2.24, 2.45) is 5.92 Å². The van der Waals surface area contributed by atoms with Gasteiger partial charge in [-0.1, -0.05) is 26.7 Å². The molecule has 0 atom stereocenters. The summed E-state index contributed by atoms with van der Waals surface area (Å²) < 4.78 is 13.6. The first-order chi connectivity index (χ1) is 9.47. The van der Waals surface area contributed by atoms with Crippen LogP contribution in [0.4, 0.5) is 14.9 Å². The normalized spacial score (nSPS) is 10.4. The van der Waals surface area contributed by atoms with Crippen molar-refractivity contribution in [3.63, 3.8) is 0 Å². The Morgan fingerprint density at radius 1 is 1.30 bits per heavy atom. The minimum atomic E-state index is -1.21. The van der Waals surface area contributed by atoms with Gasteiger partial charge in [0.25, 0.3) is 0 Å². The van der Waals surface area contributed by atoms with Gasteiger partial charge in [0.1, 0.15) is 5.82 Å². The van der Waals surface area contributed by atoms with Crippen molar-refractivity contribution in [2.75, 3.05) is 11.9 Å². The van der Waals surface area contributed by atoms with Crippen molar-refractivity contribution in [3.8, 4) is 0 Å². The third-order valence-corrected chi connectivity index (χ3v) is 3.17. The van der Waals surface area contributed by atoms with E-state index in [2.05, 4.69) is 10.6 Å². The van der Waals surface area contributed by atoms with Gasteiger partial charge in [0.2, 0.25) is 0 Å². The molecule has 20 heavy (non-hydrogen) atoms. The summed E-state index contributed by atoms with van der Waals surface area (Å²) in [6.45, 7) is 4.60. The third kappa shape index (κ3) is 4.53. The second-order valence-corrected chi connectivity index (χ2v) is 4.52. The highest BCUT2D eigenvalue weighted by Crippen LogP contribution is 2.15. The molecule has 0 aliphatic heterocycles. The molecule has 0 bridgehead atoms. The predicted molar refractivity (Wildman–Crippen MR) is 74.5 cm³/mol. The molecule has 110 valence electrons. The second-order valence-electron chi connectivity index (χ2n) is 4.52. The van der Waals surface area contributed by atoms with Crippen LogP contribution in [0.25, 0.3) is 0 Å². The fourth-order valence-corrected chi connectivity index (χ4v) is 1.73. The highest BCUT2D eigenvalue weighted by molar-refractivity contribution is 5.91. The first-order valence-corrected chi connectivity index (χ1v) is 6.55. The lowest BCUT2D eigenvalue weighted by atomic mass is 10.0. The van der Waals surface area contributed by atoms with Gasteiger partial charge in [-0.2, -0.15) is 0 Å². The van der Waals surface area contributed by atoms with E-state index in [-0.39, 0.29) is 11.3 Å². The molecule has 0 spiro atoms. The largest absolute Gasteiger partial charge is 0.478 e. The lowest BCUT2D eigenvalue weighted by Gasteiger charge is -2.14. The Bertz CT molecular complexity index is 487. The summed E-state index contributed by atoms with van der Waals surface area (Å²) in [7, 11) is 0. The Kier molecular flexibility index (Phi) is 5.96. The Balaban J connectivity index is 2.60. The van der Waals surface area contributed by atoms with Crippen LogP contribution in [0, 0.1) is 11.7 Å². The molecular weight excluding hydrogens is 263 g/mol. The molecule has 1 aromatic carbocycles. The summed E-state index contributed by atoms with van der Waals surface area (Å²) in [6, 6.07) is 2.84. The van der Waals surface area contributed by atoms with E-state index in [1.165, 1.54) is 12.1 Å². The molecule has 0 heterocycles. The first-order valence-electron chi connectivity index (χ1n) is 6.55. The van der Waals surface area contributed by atoms with Crippen molar-refractivity contribution < 1.29 is 19.1 Å². The maximum absolute atomic E-state index is 13.6. The highest BCUT2D eigenvalue weighted by Gasteiger charge is 2.11. The van der Waals surface area contributed by atoms with Crippen molar-refractivity contribution in [1.29, 1.82) is 0 Å². The van der Waals surface area contributed by atoms with Crippen molar-refractivity contribution in [2.45, 2.75) is 26.7 Å². The van der Waals surface area contributed by atoms with E-state index in [9.17, 15) is 14.0 Å². The van der Waals surface area contributed by atoms with Gasteiger partial charge in [0.05, 0.1) is 11.3 Å². The van der Waals surface area contributed by atoms with E-state index in [1.54, 1.807) is 0 Å². The maximum atomic E-state index is 13.6. The van der Waals surface area contributed by atoms with Crippen LogP contribution in [-0.2, 0) is 0 Å². The Labute approximate surface area is 117 Å². The second kappa shape index (κ2) is 7.47. The lowest BCUT2D eigenvalue weighted by Crippen LogP contribution is -2.33. The monoisotopic (exact) mass is 282 g/mol. The fraction of sp³-hybridized carbons (Fsp3) is 0.429. The number of carboxylic acid groups (broad SMARTS) is 1. The van der Waals surface area contributed by atoms with E-state index >= 15 is 0 Å². The summed E-state index contributed by atoms with van der Waals surface area (Å²) in [5, 5.41) is 13.7. The quantitative estimate of drug-likeness (QED) is 0.750. The average Bonchev–Trinajstić information content (AvgIpc) is 2.42. The van der Waals surface area contributed by atoms with Crippen LogP contribution >= 0.6 is 0 Å². The van der Waals surface area contributed by atoms with Gasteiger partial charge in [0, 0.05) is 6.54 Å². The van der Waals surface area contributed by atoms with Gasteiger partial charge in [-0.15, -0.1) is 0 Å². The number of rotatable bonds is 6. The van der Waals surface area contributed by atoms with Crippen LogP contribution in [-0.4, -0.2) is 23.7 Å². The zero-order chi connectivity index (χ0) is 15.1. The number of halogens is 1. The first kappa shape index (κ1) is 15.9. The van der Waals surface area contributed by atoms with Crippen molar-refractivity contribution in [1.82, 2.24) is 5.32 Å². The maximum Gasteiger partial charge on any atom is 0.335 e. The van der Waals surface area contributed by atoms with Crippen LogP contribution in [0.2, 0.25) is 0 Å². The number of anilines is 1. The molecule has 2 amide bonds. The van der Waals surface area contributed by atoms with Gasteiger partial charge in [0.15, 0.2) is 0 Å². The molecular formula is C14H19FN2O3. The molecule has 0 radical (unpaired) electrons. The van der Waals surface area contributed by atoms with Gasteiger partial charge >= 0.3 is 12.0 Å². The highest BCUT2D eigenvalue weighted by atomic mass is 19.1. The standard InChI is InChI=1S/C14H19FN2O3/c1-3-9(4-2)8-16-14(20)17-12-6-5-10(13(18)19)7-11(12)15/h5-7,9H,3-4,8H2,1-2H3,(H,18,19)(H2,16,17,20). The zero-order valence-corrected chi connectivity index (χ0v) is 11.6. The molecule has 0 aromatic heterocycles. The molecule has 0 fully saturated rings. The predicted octanol–water partition coefficient (Wildman–Crippen LogP) is 3.08. The Hall–Kier alpha value is -2.11. The van der Waals surface area contributed by atoms with Crippen molar-refractivity contribution >= 4 is 17.7 Å². The van der Waals surface area contributed by atoms with E-state index in [1.807, 2.05) is 13.8 Å². The number of hydrogen-bond acceptors (Lipinski definition) is 2. The summed E-state index contributed by atoms with van der Waals surface area (Å²) in [5.74, 6) is -1.60. The van der Waals surface area contributed by atoms with Gasteiger partial charge in [-0.25, -0.2) is 14.0 Å². The number of hydrogen-bond donors (Lipinski definition) is 3. The molecule has 0 aliphatic rings. The molecule has 1 rings (SSSR count). The Morgan fingerprint density at radius 2 is 1.95 bits per heavy atom. The smallest absolute Gasteiger partial charge is 0.335 e. The van der Waals surface area contributed by atoms with Crippen LogP contribution in [0.15, 0.2) is 18.2 Å². The summed E-state index contributed by atoms with van der Waals surface area (Å²) in [6.07, 6.45) is 1.91. The third-order valence-electron chi connectivity index (χ3n) is 3.17. The van der Waals surface area contributed by atoms with Crippen LogP contribution in [0.1, 0.15) is 37.0 Å². The number of carboxylic acids is 1. The van der Waals surface area contributed by atoms with Gasteiger partial charge in [-0.3, -0.25) is 0 Å².